The Morgan fingerprint density at radius 3 is 2.67 bits per heavy atom. The number of thioether (sulfide) groups is 1. The van der Waals surface area contributed by atoms with Crippen molar-refractivity contribution < 1.29 is 14.3 Å². The Labute approximate surface area is 173 Å². The van der Waals surface area contributed by atoms with Crippen LogP contribution >= 0.6 is 27.7 Å². The van der Waals surface area contributed by atoms with Gasteiger partial charge < -0.3 is 10.1 Å². The fourth-order valence-corrected chi connectivity index (χ4v) is 5.84. The molecule has 1 aliphatic carbocycles. The minimum Gasteiger partial charge on any atom is -0.461 e. The zero-order valence-electron chi connectivity index (χ0n) is 15.8. The summed E-state index contributed by atoms with van der Waals surface area (Å²) < 4.78 is 6.34. The van der Waals surface area contributed by atoms with E-state index in [1.807, 2.05) is 38.1 Å². The zero-order chi connectivity index (χ0) is 19.4. The SMILES string of the molecule is CC(C)OC(=O)C1CSC(C2CCCCC2)N1C(=O)Nc1cccc(Br)c1. The summed E-state index contributed by atoms with van der Waals surface area (Å²) in [5.41, 5.74) is 0.713. The molecule has 1 aromatic carbocycles. The van der Waals surface area contributed by atoms with Gasteiger partial charge in [0.2, 0.25) is 0 Å². The fourth-order valence-electron chi connectivity index (χ4n) is 3.81. The molecule has 2 atom stereocenters. The first kappa shape index (κ1) is 20.5. The van der Waals surface area contributed by atoms with Crippen LogP contribution in [0.5, 0.6) is 0 Å². The maximum absolute atomic E-state index is 13.2. The summed E-state index contributed by atoms with van der Waals surface area (Å²) in [6.45, 7) is 3.68. The minimum atomic E-state index is -0.531. The van der Waals surface area contributed by atoms with Crippen molar-refractivity contribution in [2.24, 2.45) is 5.92 Å². The van der Waals surface area contributed by atoms with Gasteiger partial charge in [0.15, 0.2) is 0 Å². The Kier molecular flexibility index (Phi) is 7.09. The fraction of sp³-hybridized carbons (Fsp3) is 0.600. The van der Waals surface area contributed by atoms with E-state index in [9.17, 15) is 9.59 Å². The number of benzene rings is 1. The van der Waals surface area contributed by atoms with Crippen LogP contribution in [0.25, 0.3) is 0 Å². The van der Waals surface area contributed by atoms with E-state index in [1.165, 1.54) is 19.3 Å². The summed E-state index contributed by atoms with van der Waals surface area (Å²) in [4.78, 5) is 27.5. The number of halogens is 1. The van der Waals surface area contributed by atoms with Gasteiger partial charge >= 0.3 is 12.0 Å². The predicted molar refractivity (Wildman–Crippen MR) is 113 cm³/mol. The highest BCUT2D eigenvalue weighted by molar-refractivity contribution is 9.10. The second kappa shape index (κ2) is 9.32. The van der Waals surface area contributed by atoms with E-state index in [1.54, 1.807) is 16.7 Å². The van der Waals surface area contributed by atoms with Gasteiger partial charge in [0.25, 0.3) is 0 Å². The monoisotopic (exact) mass is 454 g/mol. The van der Waals surface area contributed by atoms with Crippen LogP contribution in [0.1, 0.15) is 46.0 Å². The summed E-state index contributed by atoms with van der Waals surface area (Å²) in [7, 11) is 0. The molecule has 27 heavy (non-hydrogen) atoms. The van der Waals surface area contributed by atoms with Gasteiger partial charge in [0, 0.05) is 15.9 Å². The number of amides is 2. The van der Waals surface area contributed by atoms with Crippen molar-refractivity contribution in [3.05, 3.63) is 28.7 Å². The van der Waals surface area contributed by atoms with Crippen molar-refractivity contribution in [2.45, 2.75) is 63.5 Å². The lowest BCUT2D eigenvalue weighted by Crippen LogP contribution is -2.50. The Bertz CT molecular complexity index is 679. The molecule has 2 aliphatic rings. The first-order valence-electron chi connectivity index (χ1n) is 9.62. The van der Waals surface area contributed by atoms with Gasteiger partial charge in [-0.15, -0.1) is 11.8 Å². The second-order valence-corrected chi connectivity index (χ2v) is 9.54. The number of rotatable bonds is 4. The Morgan fingerprint density at radius 1 is 1.26 bits per heavy atom. The van der Waals surface area contributed by atoms with E-state index < -0.39 is 6.04 Å². The molecule has 2 fully saturated rings. The van der Waals surface area contributed by atoms with E-state index >= 15 is 0 Å². The van der Waals surface area contributed by atoms with Crippen molar-refractivity contribution in [2.75, 3.05) is 11.1 Å². The molecule has 1 aliphatic heterocycles. The number of carbonyl (C=O) groups excluding carboxylic acids is 2. The van der Waals surface area contributed by atoms with Gasteiger partial charge in [-0.2, -0.15) is 0 Å². The van der Waals surface area contributed by atoms with Crippen molar-refractivity contribution in [1.82, 2.24) is 4.90 Å². The predicted octanol–water partition coefficient (Wildman–Crippen LogP) is 5.26. The van der Waals surface area contributed by atoms with Crippen molar-refractivity contribution in [3.8, 4) is 0 Å². The summed E-state index contributed by atoms with van der Waals surface area (Å²) in [6.07, 6.45) is 5.70. The highest BCUT2D eigenvalue weighted by atomic mass is 79.9. The average Bonchev–Trinajstić information content (AvgIpc) is 3.07. The third-order valence-electron chi connectivity index (χ3n) is 5.02. The maximum atomic E-state index is 13.2. The van der Waals surface area contributed by atoms with Crippen molar-refractivity contribution in [1.29, 1.82) is 0 Å². The van der Waals surface area contributed by atoms with E-state index in [2.05, 4.69) is 21.2 Å². The molecule has 1 saturated heterocycles. The standard InChI is InChI=1S/C20H27BrN2O3S/c1-13(2)26-19(24)17-12-27-18(14-7-4-3-5-8-14)23(17)20(25)22-16-10-6-9-15(21)11-16/h6,9-11,13-14,17-18H,3-5,7-8,12H2,1-2H3,(H,22,25). The lowest BCUT2D eigenvalue weighted by atomic mass is 9.88. The van der Waals surface area contributed by atoms with E-state index in [-0.39, 0.29) is 23.5 Å². The normalized spacial score (nSPS) is 23.5. The molecule has 0 aromatic heterocycles. The van der Waals surface area contributed by atoms with Gasteiger partial charge in [-0.1, -0.05) is 41.3 Å². The van der Waals surface area contributed by atoms with Gasteiger partial charge in [0.1, 0.15) is 6.04 Å². The number of carbonyl (C=O) groups is 2. The highest BCUT2D eigenvalue weighted by Gasteiger charge is 2.46. The number of nitrogens with zero attached hydrogens (tertiary/aromatic N) is 1. The van der Waals surface area contributed by atoms with Crippen LogP contribution in [0.4, 0.5) is 10.5 Å². The smallest absolute Gasteiger partial charge is 0.330 e. The molecule has 5 nitrogen and oxygen atoms in total. The molecule has 1 heterocycles. The lowest BCUT2D eigenvalue weighted by Gasteiger charge is -2.35. The molecule has 1 aromatic rings. The van der Waals surface area contributed by atoms with Crippen LogP contribution in [0, 0.1) is 5.92 Å². The molecule has 2 unspecified atom stereocenters. The molecular formula is C20H27BrN2O3S. The maximum Gasteiger partial charge on any atom is 0.330 e. The summed E-state index contributed by atoms with van der Waals surface area (Å²) >= 11 is 5.15. The van der Waals surface area contributed by atoms with E-state index in [4.69, 9.17) is 4.74 Å². The number of nitrogens with one attached hydrogen (secondary N) is 1. The molecule has 0 spiro atoms. The third kappa shape index (κ3) is 5.19. The largest absolute Gasteiger partial charge is 0.461 e. The van der Waals surface area contributed by atoms with Gasteiger partial charge in [0.05, 0.1) is 11.5 Å². The molecule has 1 N–H and O–H groups in total. The van der Waals surface area contributed by atoms with Crippen molar-refractivity contribution in [3.63, 3.8) is 0 Å². The second-order valence-electron chi connectivity index (χ2n) is 7.47. The van der Waals surface area contributed by atoms with Gasteiger partial charge in [-0.05, 0) is 50.8 Å². The number of urea groups is 1. The summed E-state index contributed by atoms with van der Waals surface area (Å²) in [5, 5.41) is 3.00. The molecule has 2 amide bonds. The minimum absolute atomic E-state index is 0.0298. The van der Waals surface area contributed by atoms with Crippen LogP contribution in [0.15, 0.2) is 28.7 Å². The third-order valence-corrected chi connectivity index (χ3v) is 6.98. The Balaban J connectivity index is 1.80. The topological polar surface area (TPSA) is 58.6 Å². The molecule has 3 rings (SSSR count). The highest BCUT2D eigenvalue weighted by Crippen LogP contribution is 2.41. The number of anilines is 1. The van der Waals surface area contributed by atoms with Crippen LogP contribution in [0.3, 0.4) is 0 Å². The van der Waals surface area contributed by atoms with Gasteiger partial charge in [-0.25, -0.2) is 9.59 Å². The summed E-state index contributed by atoms with van der Waals surface area (Å²) in [6, 6.07) is 6.74. The quantitative estimate of drug-likeness (QED) is 0.630. The number of esters is 1. The van der Waals surface area contributed by atoms with E-state index in [0.29, 0.717) is 17.4 Å². The number of hydrogen-bond donors (Lipinski definition) is 1. The van der Waals surface area contributed by atoms with Gasteiger partial charge in [-0.3, -0.25) is 4.90 Å². The van der Waals surface area contributed by atoms with Crippen LogP contribution < -0.4 is 5.32 Å². The molecule has 0 radical (unpaired) electrons. The lowest BCUT2D eigenvalue weighted by molar-refractivity contribution is -0.151. The Hall–Kier alpha value is -1.21. The molecule has 148 valence electrons. The van der Waals surface area contributed by atoms with E-state index in [0.717, 1.165) is 17.3 Å². The van der Waals surface area contributed by atoms with Crippen molar-refractivity contribution >= 4 is 45.4 Å². The molecule has 1 saturated carbocycles. The average molecular weight is 455 g/mol. The number of ether oxygens (including phenoxy) is 1. The van der Waals surface area contributed by atoms with Crippen LogP contribution in [0.2, 0.25) is 0 Å². The number of hydrogen-bond acceptors (Lipinski definition) is 4. The molecule has 7 heteroatoms. The summed E-state index contributed by atoms with van der Waals surface area (Å²) in [5.74, 6) is 0.729. The van der Waals surface area contributed by atoms with Crippen LogP contribution in [-0.4, -0.2) is 40.2 Å². The zero-order valence-corrected chi connectivity index (χ0v) is 18.2. The molecular weight excluding hydrogens is 428 g/mol. The Morgan fingerprint density at radius 2 is 2.00 bits per heavy atom. The van der Waals surface area contributed by atoms with Crippen LogP contribution in [-0.2, 0) is 9.53 Å². The first-order valence-corrected chi connectivity index (χ1v) is 11.5. The first-order chi connectivity index (χ1) is 13.0. The molecule has 0 bridgehead atoms.